The van der Waals surface area contributed by atoms with Crippen LogP contribution < -0.4 is 5.32 Å². The van der Waals surface area contributed by atoms with Crippen LogP contribution in [0.1, 0.15) is 19.3 Å². The van der Waals surface area contributed by atoms with Gasteiger partial charge in [0.15, 0.2) is 0 Å². The number of allylic oxidation sites excluding steroid dienone is 1. The van der Waals surface area contributed by atoms with Crippen molar-refractivity contribution in [2.45, 2.75) is 19.3 Å². The number of rotatable bonds is 0. The Bertz CT molecular complexity index is 152. The fourth-order valence-corrected chi connectivity index (χ4v) is 1.20. The van der Waals surface area contributed by atoms with E-state index in [9.17, 15) is 0 Å². The molecule has 1 heteroatoms. The van der Waals surface area contributed by atoms with E-state index in [1.165, 1.54) is 18.4 Å². The predicted octanol–water partition coefficient (Wildman–Crippen LogP) is 1.32. The first-order valence-corrected chi connectivity index (χ1v) is 3.78. The first kappa shape index (κ1) is 7.37. The second kappa shape index (κ2) is 4.14. The fraction of sp³-hybridized carbons (Fsp3) is 0.556. The Morgan fingerprint density at radius 1 is 1.40 bits per heavy atom. The molecule has 1 aliphatic rings. The third kappa shape index (κ3) is 2.24. The summed E-state index contributed by atoms with van der Waals surface area (Å²) in [7, 11) is 0. The minimum absolute atomic E-state index is 1.09. The zero-order valence-corrected chi connectivity index (χ0v) is 6.19. The van der Waals surface area contributed by atoms with Gasteiger partial charge in [-0.15, -0.1) is 6.42 Å². The van der Waals surface area contributed by atoms with E-state index in [0.29, 0.717) is 0 Å². The Kier molecular flexibility index (Phi) is 3.05. The SMILES string of the molecule is C#C/C=C1/CCCNCC1. The molecule has 0 atom stereocenters. The molecule has 1 N–H and O–H groups in total. The molecule has 0 aromatic heterocycles. The van der Waals surface area contributed by atoms with Crippen LogP contribution in [-0.4, -0.2) is 13.1 Å². The van der Waals surface area contributed by atoms with Crippen LogP contribution in [0.4, 0.5) is 0 Å². The number of hydrogen-bond donors (Lipinski definition) is 1. The van der Waals surface area contributed by atoms with E-state index in [4.69, 9.17) is 6.42 Å². The van der Waals surface area contributed by atoms with Gasteiger partial charge in [0.2, 0.25) is 0 Å². The van der Waals surface area contributed by atoms with Crippen LogP contribution in [0.25, 0.3) is 0 Å². The number of hydrogen-bond acceptors (Lipinski definition) is 1. The molecule has 10 heavy (non-hydrogen) atoms. The summed E-state index contributed by atoms with van der Waals surface area (Å²) in [5.41, 5.74) is 1.42. The Morgan fingerprint density at radius 3 is 3.10 bits per heavy atom. The Balaban J connectivity index is 2.44. The summed E-state index contributed by atoms with van der Waals surface area (Å²) in [5, 5.41) is 3.33. The molecule has 0 aromatic rings. The summed E-state index contributed by atoms with van der Waals surface area (Å²) in [6, 6.07) is 0. The van der Waals surface area contributed by atoms with Crippen molar-refractivity contribution < 1.29 is 0 Å². The predicted molar refractivity (Wildman–Crippen MR) is 43.6 cm³/mol. The molecule has 0 aliphatic carbocycles. The maximum absolute atomic E-state index is 5.16. The minimum atomic E-state index is 1.09. The lowest BCUT2D eigenvalue weighted by Crippen LogP contribution is -2.13. The molecule has 0 bridgehead atoms. The number of terminal acetylenes is 1. The molecule has 0 unspecified atom stereocenters. The van der Waals surface area contributed by atoms with Gasteiger partial charge in [-0.05, 0) is 38.4 Å². The highest BCUT2D eigenvalue weighted by Crippen LogP contribution is 2.10. The lowest BCUT2D eigenvalue weighted by Gasteiger charge is -1.96. The summed E-state index contributed by atoms with van der Waals surface area (Å²) in [4.78, 5) is 0. The average molecular weight is 135 g/mol. The maximum Gasteiger partial charge on any atom is -0.00113 e. The van der Waals surface area contributed by atoms with E-state index in [1.807, 2.05) is 6.08 Å². The molecular weight excluding hydrogens is 122 g/mol. The van der Waals surface area contributed by atoms with Crippen LogP contribution in [0.5, 0.6) is 0 Å². The summed E-state index contributed by atoms with van der Waals surface area (Å²) in [6.45, 7) is 2.23. The van der Waals surface area contributed by atoms with Crippen molar-refractivity contribution in [3.05, 3.63) is 11.6 Å². The van der Waals surface area contributed by atoms with Crippen LogP contribution >= 0.6 is 0 Å². The topological polar surface area (TPSA) is 12.0 Å². The Morgan fingerprint density at radius 2 is 2.30 bits per heavy atom. The fourth-order valence-electron chi connectivity index (χ4n) is 1.20. The van der Waals surface area contributed by atoms with Crippen molar-refractivity contribution in [1.82, 2.24) is 5.32 Å². The molecule has 1 heterocycles. The van der Waals surface area contributed by atoms with Gasteiger partial charge in [0, 0.05) is 0 Å². The van der Waals surface area contributed by atoms with Gasteiger partial charge in [-0.2, -0.15) is 0 Å². The molecule has 1 nitrogen and oxygen atoms in total. The molecule has 1 aliphatic heterocycles. The van der Waals surface area contributed by atoms with E-state index >= 15 is 0 Å². The van der Waals surface area contributed by atoms with Gasteiger partial charge in [-0.1, -0.05) is 11.5 Å². The Labute approximate surface area is 62.5 Å². The van der Waals surface area contributed by atoms with Gasteiger partial charge in [0.1, 0.15) is 0 Å². The van der Waals surface area contributed by atoms with Crippen molar-refractivity contribution in [2.24, 2.45) is 0 Å². The molecule has 54 valence electrons. The van der Waals surface area contributed by atoms with Crippen molar-refractivity contribution in [3.63, 3.8) is 0 Å². The maximum atomic E-state index is 5.16. The highest BCUT2D eigenvalue weighted by Gasteiger charge is 2.01. The van der Waals surface area contributed by atoms with Gasteiger partial charge in [-0.3, -0.25) is 0 Å². The molecule has 1 saturated heterocycles. The summed E-state index contributed by atoms with van der Waals surface area (Å²) >= 11 is 0. The quantitative estimate of drug-likeness (QED) is 0.494. The van der Waals surface area contributed by atoms with Crippen LogP contribution in [-0.2, 0) is 0 Å². The minimum Gasteiger partial charge on any atom is -0.316 e. The van der Waals surface area contributed by atoms with E-state index in [1.54, 1.807) is 0 Å². The summed E-state index contributed by atoms with van der Waals surface area (Å²) in [6.07, 6.45) is 10.6. The van der Waals surface area contributed by atoms with Crippen molar-refractivity contribution in [1.29, 1.82) is 0 Å². The monoisotopic (exact) mass is 135 g/mol. The van der Waals surface area contributed by atoms with Crippen molar-refractivity contribution >= 4 is 0 Å². The Hall–Kier alpha value is -0.740. The summed E-state index contributed by atoms with van der Waals surface area (Å²) < 4.78 is 0. The van der Waals surface area contributed by atoms with Gasteiger partial charge >= 0.3 is 0 Å². The molecule has 1 rings (SSSR count). The van der Waals surface area contributed by atoms with Gasteiger partial charge in [0.25, 0.3) is 0 Å². The molecule has 0 amide bonds. The second-order valence-electron chi connectivity index (χ2n) is 2.57. The van der Waals surface area contributed by atoms with E-state index in [-0.39, 0.29) is 0 Å². The van der Waals surface area contributed by atoms with Crippen molar-refractivity contribution in [3.8, 4) is 12.3 Å². The van der Waals surface area contributed by atoms with E-state index in [0.717, 1.165) is 19.5 Å². The third-order valence-electron chi connectivity index (χ3n) is 1.76. The first-order valence-electron chi connectivity index (χ1n) is 3.78. The third-order valence-corrected chi connectivity index (χ3v) is 1.76. The highest BCUT2D eigenvalue weighted by atomic mass is 14.8. The normalized spacial score (nSPS) is 23.7. The molecule has 1 fully saturated rings. The largest absolute Gasteiger partial charge is 0.316 e. The highest BCUT2D eigenvalue weighted by molar-refractivity contribution is 5.18. The van der Waals surface area contributed by atoms with Gasteiger partial charge < -0.3 is 5.32 Å². The molecule has 0 saturated carbocycles. The van der Waals surface area contributed by atoms with Crippen molar-refractivity contribution in [2.75, 3.05) is 13.1 Å². The smallest absolute Gasteiger partial charge is 0.00113 e. The summed E-state index contributed by atoms with van der Waals surface area (Å²) in [5.74, 6) is 2.58. The number of nitrogens with one attached hydrogen (secondary N) is 1. The van der Waals surface area contributed by atoms with Gasteiger partial charge in [-0.25, -0.2) is 0 Å². The zero-order valence-electron chi connectivity index (χ0n) is 6.19. The molecule has 0 radical (unpaired) electrons. The van der Waals surface area contributed by atoms with Crippen LogP contribution in [0.3, 0.4) is 0 Å². The average Bonchev–Trinajstić information content (AvgIpc) is 2.17. The van der Waals surface area contributed by atoms with Crippen LogP contribution in [0.15, 0.2) is 11.6 Å². The lowest BCUT2D eigenvalue weighted by molar-refractivity contribution is 0.703. The van der Waals surface area contributed by atoms with Crippen LogP contribution in [0.2, 0.25) is 0 Å². The van der Waals surface area contributed by atoms with Crippen LogP contribution in [0, 0.1) is 12.3 Å². The van der Waals surface area contributed by atoms with E-state index in [2.05, 4.69) is 11.2 Å². The molecule has 0 aromatic carbocycles. The van der Waals surface area contributed by atoms with E-state index < -0.39 is 0 Å². The second-order valence-corrected chi connectivity index (χ2v) is 2.57. The lowest BCUT2D eigenvalue weighted by atomic mass is 10.1. The zero-order chi connectivity index (χ0) is 7.23. The molecule has 0 spiro atoms. The molecular formula is C9H13N. The first-order chi connectivity index (χ1) is 4.93. The van der Waals surface area contributed by atoms with Gasteiger partial charge in [0.05, 0.1) is 0 Å². The standard InChI is InChI=1S/C9H13N/c1-2-4-9-5-3-7-10-8-6-9/h1,4,10H,3,5-8H2/b9-4-.